The van der Waals surface area contributed by atoms with E-state index in [4.69, 9.17) is 9.84 Å². The summed E-state index contributed by atoms with van der Waals surface area (Å²) in [5, 5.41) is 9.11. The van der Waals surface area contributed by atoms with Crippen LogP contribution in [0.15, 0.2) is 12.4 Å². The molecule has 3 rings (SSSR count). The molecule has 1 aromatic heterocycles. The first-order valence-corrected chi connectivity index (χ1v) is 7.40. The molecule has 116 valence electrons. The Bertz CT molecular complexity index is 467. The number of hydrogen-bond donors (Lipinski definition) is 1. The molecule has 0 aliphatic carbocycles. The summed E-state index contributed by atoms with van der Waals surface area (Å²) in [5.74, 6) is 0.131. The van der Waals surface area contributed by atoms with Gasteiger partial charge in [0, 0.05) is 26.2 Å². The third-order valence-corrected chi connectivity index (χ3v) is 4.17. The number of aliphatic hydroxyl groups is 1. The molecule has 0 unspecified atom stereocenters. The van der Waals surface area contributed by atoms with Crippen LogP contribution in [0.1, 0.15) is 12.8 Å². The van der Waals surface area contributed by atoms with Crippen LogP contribution in [0.2, 0.25) is 0 Å². The lowest BCUT2D eigenvalue weighted by Gasteiger charge is -2.48. The minimum atomic E-state index is -0.423. The molecule has 2 saturated heterocycles. The molecular weight excluding hydrogens is 275 g/mol. The van der Waals surface area contributed by atoms with Crippen LogP contribution in [0.25, 0.3) is 0 Å². The van der Waals surface area contributed by atoms with E-state index in [2.05, 4.69) is 19.8 Å². The van der Waals surface area contributed by atoms with E-state index in [0.717, 1.165) is 32.5 Å². The summed E-state index contributed by atoms with van der Waals surface area (Å²) < 4.78 is 19.0. The number of nitrogens with zero attached hydrogens (tertiary/aromatic N) is 4. The zero-order valence-electron chi connectivity index (χ0n) is 12.0. The quantitative estimate of drug-likeness (QED) is 0.864. The molecule has 1 atom stereocenters. The number of piperidine rings is 1. The van der Waals surface area contributed by atoms with Crippen molar-refractivity contribution in [1.29, 1.82) is 0 Å². The number of β-amino-alcohol motifs (C(OH)–C–C–N with tert-alkyl or cyclic N) is 1. The molecule has 0 bridgehead atoms. The van der Waals surface area contributed by atoms with Crippen molar-refractivity contribution in [3.05, 3.63) is 18.2 Å². The Labute approximate surface area is 123 Å². The summed E-state index contributed by atoms with van der Waals surface area (Å²) in [5.41, 5.74) is -0.233. The Balaban J connectivity index is 1.71. The van der Waals surface area contributed by atoms with E-state index in [9.17, 15) is 4.39 Å². The predicted molar refractivity (Wildman–Crippen MR) is 75.6 cm³/mol. The number of hydrogen-bond acceptors (Lipinski definition) is 6. The van der Waals surface area contributed by atoms with Crippen LogP contribution in [-0.4, -0.2) is 71.5 Å². The van der Waals surface area contributed by atoms with Crippen molar-refractivity contribution < 1.29 is 14.2 Å². The van der Waals surface area contributed by atoms with E-state index >= 15 is 0 Å². The van der Waals surface area contributed by atoms with E-state index in [0.29, 0.717) is 25.6 Å². The Kier molecular flexibility index (Phi) is 4.32. The van der Waals surface area contributed by atoms with Crippen LogP contribution in [0.5, 0.6) is 0 Å². The van der Waals surface area contributed by atoms with Crippen molar-refractivity contribution in [3.63, 3.8) is 0 Å². The normalized spacial score (nSPS) is 27.2. The van der Waals surface area contributed by atoms with Crippen LogP contribution in [-0.2, 0) is 4.74 Å². The molecule has 7 heteroatoms. The third-order valence-electron chi connectivity index (χ3n) is 4.17. The van der Waals surface area contributed by atoms with Gasteiger partial charge in [0.05, 0.1) is 37.8 Å². The summed E-state index contributed by atoms with van der Waals surface area (Å²) >= 11 is 0. The Morgan fingerprint density at radius 1 is 1.29 bits per heavy atom. The van der Waals surface area contributed by atoms with Gasteiger partial charge in [-0.25, -0.2) is 14.4 Å². The molecule has 3 heterocycles. The van der Waals surface area contributed by atoms with Gasteiger partial charge in [0.15, 0.2) is 5.82 Å². The second-order valence-electron chi connectivity index (χ2n) is 5.76. The van der Waals surface area contributed by atoms with Gasteiger partial charge in [-0.2, -0.15) is 0 Å². The topological polar surface area (TPSA) is 61.7 Å². The van der Waals surface area contributed by atoms with Crippen molar-refractivity contribution in [2.45, 2.75) is 18.4 Å². The molecule has 1 N–H and O–H groups in total. The smallest absolute Gasteiger partial charge is 0.225 e. The van der Waals surface area contributed by atoms with Crippen LogP contribution in [0, 0.1) is 5.82 Å². The number of ether oxygens (including phenoxy) is 1. The molecule has 0 aromatic carbocycles. The average Bonchev–Trinajstić information content (AvgIpc) is 2.48. The maximum Gasteiger partial charge on any atom is 0.225 e. The molecule has 2 fully saturated rings. The maximum absolute atomic E-state index is 12.9. The summed E-state index contributed by atoms with van der Waals surface area (Å²) in [6.07, 6.45) is 4.38. The van der Waals surface area contributed by atoms with Gasteiger partial charge in [0.25, 0.3) is 0 Å². The minimum absolute atomic E-state index is 0.168. The summed E-state index contributed by atoms with van der Waals surface area (Å²) in [7, 11) is 0. The van der Waals surface area contributed by atoms with Crippen LogP contribution < -0.4 is 4.90 Å². The molecule has 2 aliphatic rings. The summed E-state index contributed by atoms with van der Waals surface area (Å²) in [6, 6.07) is 0. The van der Waals surface area contributed by atoms with Crippen molar-refractivity contribution in [2.75, 3.05) is 50.8 Å². The largest absolute Gasteiger partial charge is 0.395 e. The monoisotopic (exact) mass is 296 g/mol. The van der Waals surface area contributed by atoms with Crippen molar-refractivity contribution in [1.82, 2.24) is 14.9 Å². The fourth-order valence-corrected chi connectivity index (χ4v) is 3.24. The number of anilines is 1. The molecule has 0 radical (unpaired) electrons. The van der Waals surface area contributed by atoms with E-state index in [-0.39, 0.29) is 12.2 Å². The minimum Gasteiger partial charge on any atom is -0.395 e. The van der Waals surface area contributed by atoms with Gasteiger partial charge in [-0.05, 0) is 12.8 Å². The standard InChI is InChI=1S/C14H21FN4O2/c15-12-8-16-13(17-9-12)19-3-1-2-14(11-19)10-18(4-6-20)5-7-21-14/h8-9,20H,1-7,10-11H2/t14-/m1/s1. The highest BCUT2D eigenvalue weighted by atomic mass is 19.1. The molecule has 2 aliphatic heterocycles. The zero-order valence-corrected chi connectivity index (χ0v) is 12.0. The van der Waals surface area contributed by atoms with Crippen LogP contribution in [0.3, 0.4) is 0 Å². The lowest BCUT2D eigenvalue weighted by molar-refractivity contribution is -0.116. The molecule has 1 aromatic rings. The third kappa shape index (κ3) is 3.30. The second-order valence-corrected chi connectivity index (χ2v) is 5.76. The lowest BCUT2D eigenvalue weighted by atomic mass is 9.91. The summed E-state index contributed by atoms with van der Waals surface area (Å²) in [6.45, 7) is 4.76. The Morgan fingerprint density at radius 3 is 2.86 bits per heavy atom. The Hall–Kier alpha value is -1.31. The predicted octanol–water partition coefficient (Wildman–Crippen LogP) is 0.279. The highest BCUT2D eigenvalue weighted by molar-refractivity contribution is 5.31. The van der Waals surface area contributed by atoms with E-state index in [1.165, 1.54) is 12.4 Å². The zero-order chi connectivity index (χ0) is 14.7. The van der Waals surface area contributed by atoms with Crippen molar-refractivity contribution >= 4 is 5.95 Å². The fraction of sp³-hybridized carbons (Fsp3) is 0.714. The van der Waals surface area contributed by atoms with Gasteiger partial charge < -0.3 is 14.7 Å². The highest BCUT2D eigenvalue weighted by Crippen LogP contribution is 2.30. The molecule has 21 heavy (non-hydrogen) atoms. The van der Waals surface area contributed by atoms with Crippen molar-refractivity contribution in [2.24, 2.45) is 0 Å². The first-order valence-electron chi connectivity index (χ1n) is 7.40. The molecule has 1 spiro atoms. The van der Waals surface area contributed by atoms with Gasteiger partial charge in [0.2, 0.25) is 5.95 Å². The maximum atomic E-state index is 12.9. The van der Waals surface area contributed by atoms with E-state index in [1.54, 1.807) is 0 Å². The number of morpholine rings is 1. The first-order chi connectivity index (χ1) is 10.2. The van der Waals surface area contributed by atoms with E-state index < -0.39 is 5.82 Å². The lowest BCUT2D eigenvalue weighted by Crippen LogP contribution is -2.60. The first kappa shape index (κ1) is 14.6. The number of aliphatic hydroxyl groups excluding tert-OH is 1. The van der Waals surface area contributed by atoms with Gasteiger partial charge >= 0.3 is 0 Å². The number of rotatable bonds is 3. The number of aromatic nitrogens is 2. The van der Waals surface area contributed by atoms with Crippen LogP contribution >= 0.6 is 0 Å². The fourth-order valence-electron chi connectivity index (χ4n) is 3.24. The van der Waals surface area contributed by atoms with Gasteiger partial charge in [-0.15, -0.1) is 0 Å². The summed E-state index contributed by atoms with van der Waals surface area (Å²) in [4.78, 5) is 12.4. The molecule has 0 saturated carbocycles. The van der Waals surface area contributed by atoms with Crippen molar-refractivity contribution in [3.8, 4) is 0 Å². The van der Waals surface area contributed by atoms with Gasteiger partial charge in [-0.1, -0.05) is 0 Å². The SMILES string of the molecule is OCCN1CCO[C@]2(CCCN(c3ncc(F)cn3)C2)C1. The number of halogens is 1. The van der Waals surface area contributed by atoms with Gasteiger partial charge in [0.1, 0.15) is 0 Å². The second kappa shape index (κ2) is 6.21. The highest BCUT2D eigenvalue weighted by Gasteiger charge is 2.41. The average molecular weight is 296 g/mol. The molecule has 0 amide bonds. The van der Waals surface area contributed by atoms with Crippen LogP contribution in [0.4, 0.5) is 10.3 Å². The van der Waals surface area contributed by atoms with Gasteiger partial charge in [-0.3, -0.25) is 4.90 Å². The van der Waals surface area contributed by atoms with E-state index in [1.807, 2.05) is 0 Å². The molecule has 6 nitrogen and oxygen atoms in total. The molecular formula is C14H21FN4O2. The Morgan fingerprint density at radius 2 is 2.10 bits per heavy atom.